The SMILES string of the molecule is Cc1cc(C(=O)O)ccc1-c1ccc(C2C(c3ccccn3)NC(=S)N2c2ccc(NS(C)(=O)=O)cc2)o1. The second kappa shape index (κ2) is 9.92. The number of hydrogen-bond donors (Lipinski definition) is 3. The number of sulfonamides is 1. The minimum atomic E-state index is -3.41. The van der Waals surface area contributed by atoms with Crippen molar-refractivity contribution in [1.82, 2.24) is 10.3 Å². The fourth-order valence-corrected chi connectivity index (χ4v) is 5.47. The van der Waals surface area contributed by atoms with E-state index in [9.17, 15) is 18.3 Å². The van der Waals surface area contributed by atoms with E-state index >= 15 is 0 Å². The lowest BCUT2D eigenvalue weighted by Gasteiger charge is -2.26. The molecule has 0 spiro atoms. The Balaban J connectivity index is 1.55. The number of thiocarbonyl (C=S) groups is 1. The average molecular weight is 549 g/mol. The Kier molecular flexibility index (Phi) is 6.64. The first-order chi connectivity index (χ1) is 18.1. The monoisotopic (exact) mass is 548 g/mol. The summed E-state index contributed by atoms with van der Waals surface area (Å²) in [5.74, 6) is 0.236. The van der Waals surface area contributed by atoms with Crippen molar-refractivity contribution in [3.8, 4) is 11.3 Å². The first-order valence-electron chi connectivity index (χ1n) is 11.6. The zero-order valence-electron chi connectivity index (χ0n) is 20.5. The molecule has 2 aromatic carbocycles. The third kappa shape index (κ3) is 5.11. The van der Waals surface area contributed by atoms with Crippen molar-refractivity contribution in [2.45, 2.75) is 19.0 Å². The molecular weight excluding hydrogens is 524 g/mol. The Bertz CT molecular complexity index is 1620. The van der Waals surface area contributed by atoms with Crippen LogP contribution in [0.2, 0.25) is 0 Å². The van der Waals surface area contributed by atoms with Crippen LogP contribution in [0.1, 0.15) is 39.5 Å². The number of aromatic nitrogens is 1. The summed E-state index contributed by atoms with van der Waals surface area (Å²) < 4.78 is 32.1. The standard InChI is InChI=1S/C27H24N4O5S2/c1-16-15-17(26(32)33)6-11-20(16)22-12-13-23(36-22)25-24(21-5-3-4-14-28-21)29-27(37)31(25)19-9-7-18(8-10-19)30-38(2,34)35/h3-15,24-25,30H,1-2H3,(H,29,37)(H,32,33). The fraction of sp³-hybridized carbons (Fsp3) is 0.148. The summed E-state index contributed by atoms with van der Waals surface area (Å²) in [6, 6.07) is 20.5. The van der Waals surface area contributed by atoms with Gasteiger partial charge in [-0.1, -0.05) is 12.1 Å². The molecule has 1 saturated heterocycles. The molecule has 0 aliphatic carbocycles. The Morgan fingerprint density at radius 1 is 1.11 bits per heavy atom. The van der Waals surface area contributed by atoms with Crippen LogP contribution in [0.25, 0.3) is 11.3 Å². The van der Waals surface area contributed by atoms with Crippen molar-refractivity contribution < 1.29 is 22.7 Å². The molecular formula is C27H24N4O5S2. The quantitative estimate of drug-likeness (QED) is 0.277. The van der Waals surface area contributed by atoms with E-state index < -0.39 is 22.0 Å². The highest BCUT2D eigenvalue weighted by Crippen LogP contribution is 2.43. The van der Waals surface area contributed by atoms with Gasteiger partial charge in [-0.15, -0.1) is 0 Å². The van der Waals surface area contributed by atoms with E-state index in [1.807, 2.05) is 42.2 Å². The van der Waals surface area contributed by atoms with Gasteiger partial charge in [0.1, 0.15) is 17.6 Å². The van der Waals surface area contributed by atoms with E-state index in [0.717, 1.165) is 28.8 Å². The van der Waals surface area contributed by atoms with E-state index in [0.29, 0.717) is 22.3 Å². The lowest BCUT2D eigenvalue weighted by atomic mass is 10.0. The van der Waals surface area contributed by atoms with Gasteiger partial charge in [-0.2, -0.15) is 0 Å². The zero-order valence-corrected chi connectivity index (χ0v) is 22.1. The normalized spacial score (nSPS) is 17.3. The van der Waals surface area contributed by atoms with Gasteiger partial charge in [-0.25, -0.2) is 13.2 Å². The van der Waals surface area contributed by atoms with E-state index in [2.05, 4.69) is 15.0 Å². The van der Waals surface area contributed by atoms with Crippen LogP contribution in [0.3, 0.4) is 0 Å². The predicted octanol–water partition coefficient (Wildman–Crippen LogP) is 4.90. The van der Waals surface area contributed by atoms with Gasteiger partial charge in [0.15, 0.2) is 5.11 Å². The van der Waals surface area contributed by atoms with Crippen molar-refractivity contribution in [3.05, 3.63) is 102 Å². The van der Waals surface area contributed by atoms with Crippen LogP contribution < -0.4 is 14.9 Å². The van der Waals surface area contributed by atoms with Crippen molar-refractivity contribution in [2.75, 3.05) is 15.9 Å². The maximum absolute atomic E-state index is 11.6. The number of aromatic carboxylic acids is 1. The molecule has 9 nitrogen and oxygen atoms in total. The van der Waals surface area contributed by atoms with Crippen molar-refractivity contribution >= 4 is 44.7 Å². The Labute approximate surface area is 225 Å². The first-order valence-corrected chi connectivity index (χ1v) is 13.9. The largest absolute Gasteiger partial charge is 0.478 e. The predicted molar refractivity (Wildman–Crippen MR) is 149 cm³/mol. The highest BCUT2D eigenvalue weighted by Gasteiger charge is 2.42. The minimum Gasteiger partial charge on any atom is -0.478 e. The summed E-state index contributed by atoms with van der Waals surface area (Å²) >= 11 is 5.74. The van der Waals surface area contributed by atoms with Crippen LogP contribution in [0.4, 0.5) is 11.4 Å². The molecule has 0 amide bonds. The number of nitrogens with zero attached hydrogens (tertiary/aromatic N) is 2. The minimum absolute atomic E-state index is 0.207. The molecule has 1 aliphatic rings. The van der Waals surface area contributed by atoms with Crippen molar-refractivity contribution in [2.24, 2.45) is 0 Å². The van der Waals surface area contributed by atoms with Gasteiger partial charge < -0.3 is 19.7 Å². The maximum atomic E-state index is 11.6. The summed E-state index contributed by atoms with van der Waals surface area (Å²) in [5.41, 5.74) is 3.72. The molecule has 1 aliphatic heterocycles. The number of furan rings is 1. The Morgan fingerprint density at radius 2 is 1.87 bits per heavy atom. The number of hydrogen-bond acceptors (Lipinski definition) is 6. The van der Waals surface area contributed by atoms with E-state index in [1.54, 1.807) is 48.7 Å². The molecule has 2 atom stereocenters. The number of carbonyl (C=O) groups is 1. The molecule has 38 heavy (non-hydrogen) atoms. The average Bonchev–Trinajstić information content (AvgIpc) is 3.48. The summed E-state index contributed by atoms with van der Waals surface area (Å²) in [4.78, 5) is 17.8. The number of carboxylic acids is 1. The number of benzene rings is 2. The molecule has 1 fully saturated rings. The second-order valence-corrected chi connectivity index (χ2v) is 11.1. The number of nitrogens with one attached hydrogen (secondary N) is 2. The number of carboxylic acid groups (broad SMARTS) is 1. The van der Waals surface area contributed by atoms with Crippen LogP contribution in [0, 0.1) is 6.92 Å². The van der Waals surface area contributed by atoms with Gasteiger partial charge in [0, 0.05) is 23.1 Å². The van der Waals surface area contributed by atoms with Gasteiger partial charge in [0.2, 0.25) is 10.0 Å². The van der Waals surface area contributed by atoms with Crippen LogP contribution in [-0.2, 0) is 10.0 Å². The van der Waals surface area contributed by atoms with Crippen LogP contribution in [0.5, 0.6) is 0 Å². The fourth-order valence-electron chi connectivity index (χ4n) is 4.56. The van der Waals surface area contributed by atoms with E-state index in [-0.39, 0.29) is 11.6 Å². The third-order valence-electron chi connectivity index (χ3n) is 6.20. The van der Waals surface area contributed by atoms with E-state index in [4.69, 9.17) is 16.6 Å². The lowest BCUT2D eigenvalue weighted by molar-refractivity contribution is 0.0696. The zero-order chi connectivity index (χ0) is 27.0. The number of pyridine rings is 1. The van der Waals surface area contributed by atoms with Gasteiger partial charge in [0.05, 0.1) is 23.6 Å². The number of anilines is 2. The third-order valence-corrected chi connectivity index (χ3v) is 7.12. The molecule has 5 rings (SSSR count). The molecule has 0 radical (unpaired) electrons. The molecule has 4 aromatic rings. The second-order valence-electron chi connectivity index (χ2n) is 8.95. The number of rotatable bonds is 7. The van der Waals surface area contributed by atoms with Crippen LogP contribution in [0.15, 0.2) is 83.4 Å². The number of aryl methyl sites for hydroxylation is 1. The van der Waals surface area contributed by atoms with Crippen LogP contribution in [-0.4, -0.2) is 35.8 Å². The maximum Gasteiger partial charge on any atom is 0.335 e. The summed E-state index contributed by atoms with van der Waals surface area (Å²) in [6.45, 7) is 1.84. The topological polar surface area (TPSA) is 125 Å². The molecule has 194 valence electrons. The summed E-state index contributed by atoms with van der Waals surface area (Å²) in [5, 5.41) is 13.1. The highest BCUT2D eigenvalue weighted by molar-refractivity contribution is 7.92. The van der Waals surface area contributed by atoms with Gasteiger partial charge in [-0.3, -0.25) is 9.71 Å². The molecule has 0 bridgehead atoms. The Morgan fingerprint density at radius 3 is 2.50 bits per heavy atom. The molecule has 0 saturated carbocycles. The Hall–Kier alpha value is -4.22. The van der Waals surface area contributed by atoms with Gasteiger partial charge >= 0.3 is 5.97 Å². The molecule has 2 aromatic heterocycles. The van der Waals surface area contributed by atoms with E-state index in [1.165, 1.54) is 0 Å². The lowest BCUT2D eigenvalue weighted by Crippen LogP contribution is -2.29. The highest BCUT2D eigenvalue weighted by atomic mass is 32.2. The van der Waals surface area contributed by atoms with Gasteiger partial charge in [0.25, 0.3) is 0 Å². The summed E-state index contributed by atoms with van der Waals surface area (Å²) in [6.07, 6.45) is 2.81. The molecule has 3 heterocycles. The van der Waals surface area contributed by atoms with Crippen molar-refractivity contribution in [1.29, 1.82) is 0 Å². The smallest absolute Gasteiger partial charge is 0.335 e. The molecule has 2 unspecified atom stereocenters. The molecule has 3 N–H and O–H groups in total. The summed E-state index contributed by atoms with van der Waals surface area (Å²) in [7, 11) is -3.41. The molecule has 11 heteroatoms. The van der Waals surface area contributed by atoms with Crippen molar-refractivity contribution in [3.63, 3.8) is 0 Å². The van der Waals surface area contributed by atoms with Crippen LogP contribution >= 0.6 is 12.2 Å². The first kappa shape index (κ1) is 25.4. The van der Waals surface area contributed by atoms with Gasteiger partial charge in [-0.05, 0) is 85.4 Å².